The zero-order chi connectivity index (χ0) is 13.3. The lowest BCUT2D eigenvalue weighted by molar-refractivity contribution is -0.125. The Morgan fingerprint density at radius 1 is 1.06 bits per heavy atom. The van der Waals surface area contributed by atoms with Gasteiger partial charge in [-0.25, -0.2) is 0 Å². The molecule has 0 heterocycles. The minimum atomic E-state index is -4.47. The molecule has 0 amide bonds. The molecule has 0 atom stereocenters. The van der Waals surface area contributed by atoms with Gasteiger partial charge in [0.1, 0.15) is 6.42 Å². The molecule has 0 saturated heterocycles. The average Bonchev–Trinajstić information content (AvgIpc) is 2.27. The molecule has 0 bridgehead atoms. The number of hydrogen-bond acceptors (Lipinski definition) is 1. The SMILES string of the molecule is Cc1ccc(C(=O)CC(F)(F)F)c2ccccc12. The number of carbonyl (C=O) groups excluding carboxylic acids is 1. The van der Waals surface area contributed by atoms with E-state index in [-0.39, 0.29) is 5.56 Å². The quantitative estimate of drug-likeness (QED) is 0.729. The van der Waals surface area contributed by atoms with Crippen LogP contribution in [0.1, 0.15) is 22.3 Å². The first-order valence-corrected chi connectivity index (χ1v) is 5.47. The fourth-order valence-corrected chi connectivity index (χ4v) is 1.97. The number of aryl methyl sites for hydroxylation is 1. The van der Waals surface area contributed by atoms with E-state index in [1.54, 1.807) is 30.3 Å². The Hall–Kier alpha value is -1.84. The number of carbonyl (C=O) groups is 1. The van der Waals surface area contributed by atoms with Crippen molar-refractivity contribution in [2.24, 2.45) is 0 Å². The van der Waals surface area contributed by atoms with Gasteiger partial charge in [0, 0.05) is 5.56 Å². The molecule has 94 valence electrons. The van der Waals surface area contributed by atoms with Gasteiger partial charge in [-0.2, -0.15) is 13.2 Å². The summed E-state index contributed by atoms with van der Waals surface area (Å²) in [6.07, 6.45) is -5.89. The summed E-state index contributed by atoms with van der Waals surface area (Å²) < 4.78 is 36.8. The normalized spacial score (nSPS) is 11.8. The average molecular weight is 252 g/mol. The summed E-state index contributed by atoms with van der Waals surface area (Å²) >= 11 is 0. The fraction of sp³-hybridized carbons (Fsp3) is 0.214. The van der Waals surface area contributed by atoms with Crippen molar-refractivity contribution in [3.8, 4) is 0 Å². The van der Waals surface area contributed by atoms with Crippen molar-refractivity contribution in [2.75, 3.05) is 0 Å². The first-order chi connectivity index (χ1) is 8.38. The smallest absolute Gasteiger partial charge is 0.294 e. The molecule has 0 radical (unpaired) electrons. The highest BCUT2D eigenvalue weighted by atomic mass is 19.4. The van der Waals surface area contributed by atoms with E-state index in [9.17, 15) is 18.0 Å². The number of halogens is 3. The molecule has 0 aromatic heterocycles. The molecule has 0 saturated carbocycles. The summed E-state index contributed by atoms with van der Waals surface area (Å²) in [5, 5.41) is 1.39. The minimum absolute atomic E-state index is 0.133. The van der Waals surface area contributed by atoms with Crippen LogP contribution >= 0.6 is 0 Å². The van der Waals surface area contributed by atoms with Crippen LogP contribution in [-0.2, 0) is 0 Å². The Bertz CT molecular complexity index is 600. The second-order valence-corrected chi connectivity index (χ2v) is 4.19. The summed E-state index contributed by atoms with van der Waals surface area (Å²) in [6.45, 7) is 1.86. The van der Waals surface area contributed by atoms with Gasteiger partial charge in [-0.05, 0) is 23.3 Å². The van der Waals surface area contributed by atoms with E-state index in [4.69, 9.17) is 0 Å². The topological polar surface area (TPSA) is 17.1 Å². The molecule has 2 aromatic rings. The van der Waals surface area contributed by atoms with Crippen LogP contribution in [0.15, 0.2) is 36.4 Å². The lowest BCUT2D eigenvalue weighted by atomic mass is 9.97. The second kappa shape index (κ2) is 4.44. The lowest BCUT2D eigenvalue weighted by Gasteiger charge is -2.09. The van der Waals surface area contributed by atoms with Gasteiger partial charge in [0.05, 0.1) is 0 Å². The molecular weight excluding hydrogens is 241 g/mol. The number of rotatable bonds is 2. The maximum Gasteiger partial charge on any atom is 0.396 e. The van der Waals surface area contributed by atoms with Crippen LogP contribution in [0.3, 0.4) is 0 Å². The van der Waals surface area contributed by atoms with Crippen LogP contribution in [-0.4, -0.2) is 12.0 Å². The number of Topliss-reactive ketones (excluding diaryl/α,β-unsaturated/α-hetero) is 1. The zero-order valence-corrected chi connectivity index (χ0v) is 9.71. The van der Waals surface area contributed by atoms with Gasteiger partial charge in [0.25, 0.3) is 0 Å². The summed E-state index contributed by atoms with van der Waals surface area (Å²) in [5.74, 6) is -0.890. The molecule has 4 heteroatoms. The van der Waals surface area contributed by atoms with Gasteiger partial charge in [-0.3, -0.25) is 4.79 Å². The van der Waals surface area contributed by atoms with E-state index in [1.807, 2.05) is 6.92 Å². The third-order valence-corrected chi connectivity index (χ3v) is 2.80. The maximum atomic E-state index is 12.3. The highest BCUT2D eigenvalue weighted by molar-refractivity contribution is 6.09. The van der Waals surface area contributed by atoms with Crippen molar-refractivity contribution >= 4 is 16.6 Å². The summed E-state index contributed by atoms with van der Waals surface area (Å²) in [7, 11) is 0. The number of ketones is 1. The minimum Gasteiger partial charge on any atom is -0.294 e. The third kappa shape index (κ3) is 2.53. The van der Waals surface area contributed by atoms with Gasteiger partial charge in [-0.1, -0.05) is 36.4 Å². The molecule has 0 aliphatic heterocycles. The molecule has 2 rings (SSSR count). The molecule has 0 aliphatic rings. The fourth-order valence-electron chi connectivity index (χ4n) is 1.97. The van der Waals surface area contributed by atoms with Gasteiger partial charge < -0.3 is 0 Å². The molecular formula is C14H11F3O. The number of benzene rings is 2. The standard InChI is InChI=1S/C14H11F3O/c1-9-6-7-12(13(18)8-14(15,16)17)11-5-3-2-4-10(9)11/h2-7H,8H2,1H3. The first kappa shape index (κ1) is 12.6. The summed E-state index contributed by atoms with van der Waals surface area (Å²) in [5.41, 5.74) is 1.07. The van der Waals surface area contributed by atoms with Crippen molar-refractivity contribution in [2.45, 2.75) is 19.5 Å². The predicted octanol–water partition coefficient (Wildman–Crippen LogP) is 4.28. The molecule has 0 N–H and O–H groups in total. The highest BCUT2D eigenvalue weighted by Crippen LogP contribution is 2.27. The molecule has 0 spiro atoms. The Morgan fingerprint density at radius 3 is 2.28 bits per heavy atom. The molecule has 0 fully saturated rings. The maximum absolute atomic E-state index is 12.3. The van der Waals surface area contributed by atoms with Crippen LogP contribution in [0.25, 0.3) is 10.8 Å². The van der Waals surface area contributed by atoms with E-state index < -0.39 is 18.4 Å². The molecule has 18 heavy (non-hydrogen) atoms. The van der Waals surface area contributed by atoms with Gasteiger partial charge in [0.15, 0.2) is 5.78 Å². The summed E-state index contributed by atoms with van der Waals surface area (Å²) in [6, 6.07) is 10.1. The Labute approximate surface area is 102 Å². The Balaban J connectivity index is 2.52. The third-order valence-electron chi connectivity index (χ3n) is 2.80. The monoisotopic (exact) mass is 252 g/mol. The van der Waals surface area contributed by atoms with E-state index in [2.05, 4.69) is 0 Å². The molecule has 2 aromatic carbocycles. The van der Waals surface area contributed by atoms with Crippen molar-refractivity contribution in [1.82, 2.24) is 0 Å². The van der Waals surface area contributed by atoms with Crippen LogP contribution in [0.2, 0.25) is 0 Å². The predicted molar refractivity (Wildman–Crippen MR) is 63.7 cm³/mol. The van der Waals surface area contributed by atoms with Crippen LogP contribution in [0.4, 0.5) is 13.2 Å². The number of fused-ring (bicyclic) bond motifs is 1. The zero-order valence-electron chi connectivity index (χ0n) is 9.71. The second-order valence-electron chi connectivity index (χ2n) is 4.19. The lowest BCUT2D eigenvalue weighted by Crippen LogP contribution is -2.15. The molecule has 0 aliphatic carbocycles. The van der Waals surface area contributed by atoms with Gasteiger partial charge in [0.2, 0.25) is 0 Å². The van der Waals surface area contributed by atoms with Crippen LogP contribution in [0.5, 0.6) is 0 Å². The first-order valence-electron chi connectivity index (χ1n) is 5.47. The number of alkyl halides is 3. The van der Waals surface area contributed by atoms with E-state index in [0.29, 0.717) is 5.39 Å². The Kier molecular flexibility index (Phi) is 3.11. The van der Waals surface area contributed by atoms with Crippen molar-refractivity contribution in [3.05, 3.63) is 47.5 Å². The van der Waals surface area contributed by atoms with Gasteiger partial charge >= 0.3 is 6.18 Å². The largest absolute Gasteiger partial charge is 0.396 e. The highest BCUT2D eigenvalue weighted by Gasteiger charge is 2.32. The Morgan fingerprint density at radius 2 is 1.67 bits per heavy atom. The van der Waals surface area contributed by atoms with Crippen LogP contribution < -0.4 is 0 Å². The van der Waals surface area contributed by atoms with Crippen molar-refractivity contribution in [1.29, 1.82) is 0 Å². The van der Waals surface area contributed by atoms with E-state index in [1.165, 1.54) is 6.07 Å². The van der Waals surface area contributed by atoms with Crippen molar-refractivity contribution in [3.63, 3.8) is 0 Å². The van der Waals surface area contributed by atoms with E-state index >= 15 is 0 Å². The van der Waals surface area contributed by atoms with E-state index in [0.717, 1.165) is 10.9 Å². The van der Waals surface area contributed by atoms with Crippen molar-refractivity contribution < 1.29 is 18.0 Å². The number of hydrogen-bond donors (Lipinski definition) is 0. The molecule has 1 nitrogen and oxygen atoms in total. The van der Waals surface area contributed by atoms with Gasteiger partial charge in [-0.15, -0.1) is 0 Å². The van der Waals surface area contributed by atoms with Crippen LogP contribution in [0, 0.1) is 6.92 Å². The molecule has 0 unspecified atom stereocenters. The summed E-state index contributed by atoms with van der Waals surface area (Å²) in [4.78, 5) is 11.7.